The van der Waals surface area contributed by atoms with Gasteiger partial charge >= 0.3 is 0 Å². The van der Waals surface area contributed by atoms with Crippen molar-refractivity contribution in [2.75, 3.05) is 5.73 Å². The van der Waals surface area contributed by atoms with Gasteiger partial charge in [-0.15, -0.1) is 6.42 Å². The smallest absolute Gasteiger partial charge is 0.251 e. The van der Waals surface area contributed by atoms with Crippen LogP contribution in [0.3, 0.4) is 0 Å². The third-order valence-electron chi connectivity index (χ3n) is 6.59. The number of hydrogen-bond acceptors (Lipinski definition) is 3. The SMILES string of the molecule is C#Cc1cccc(-c2cc(=O)n(C)c3ccc(Cc4c(C)ccnc4-c4ccc(Cl)cc4N)cc23)c1. The molecular weight excluding hydrogens is 466 g/mol. The number of hydrogen-bond donors (Lipinski definition) is 1. The maximum absolute atomic E-state index is 12.8. The van der Waals surface area contributed by atoms with E-state index in [2.05, 4.69) is 30.0 Å². The Morgan fingerprint density at radius 2 is 1.86 bits per heavy atom. The molecule has 0 bridgehead atoms. The molecule has 0 aliphatic rings. The lowest BCUT2D eigenvalue weighted by atomic mass is 9.93. The quantitative estimate of drug-likeness (QED) is 0.235. The van der Waals surface area contributed by atoms with E-state index in [1.807, 2.05) is 48.5 Å². The molecule has 0 radical (unpaired) electrons. The first kappa shape index (κ1) is 23.4. The molecule has 0 fully saturated rings. The number of pyridine rings is 2. The highest BCUT2D eigenvalue weighted by Crippen LogP contribution is 2.33. The highest BCUT2D eigenvalue weighted by molar-refractivity contribution is 6.31. The van der Waals surface area contributed by atoms with Gasteiger partial charge in [-0.05, 0) is 89.7 Å². The van der Waals surface area contributed by atoms with Crippen LogP contribution in [0.5, 0.6) is 0 Å². The van der Waals surface area contributed by atoms with Gasteiger partial charge in [0.25, 0.3) is 5.56 Å². The van der Waals surface area contributed by atoms with Crippen LogP contribution in [-0.2, 0) is 13.5 Å². The van der Waals surface area contributed by atoms with Crippen molar-refractivity contribution in [3.05, 3.63) is 117 Å². The van der Waals surface area contributed by atoms with E-state index in [0.29, 0.717) is 17.1 Å². The van der Waals surface area contributed by atoms with Crippen LogP contribution in [0.15, 0.2) is 83.8 Å². The Hall–Kier alpha value is -4.33. The van der Waals surface area contributed by atoms with Crippen molar-refractivity contribution in [1.82, 2.24) is 9.55 Å². The van der Waals surface area contributed by atoms with E-state index in [1.54, 1.807) is 29.9 Å². The molecule has 2 heterocycles. The van der Waals surface area contributed by atoms with E-state index in [1.165, 1.54) is 0 Å². The number of nitrogens with two attached hydrogens (primary N) is 1. The summed E-state index contributed by atoms with van der Waals surface area (Å²) in [6.45, 7) is 2.08. The second-order valence-electron chi connectivity index (χ2n) is 8.90. The second kappa shape index (κ2) is 9.37. The van der Waals surface area contributed by atoms with Crippen LogP contribution >= 0.6 is 11.6 Å². The third kappa shape index (κ3) is 4.26. The minimum absolute atomic E-state index is 0.0695. The average molecular weight is 490 g/mol. The molecular formula is C31H24ClN3O. The number of halogens is 1. The van der Waals surface area contributed by atoms with Crippen molar-refractivity contribution in [1.29, 1.82) is 0 Å². The Balaban J connectivity index is 1.67. The molecule has 0 saturated heterocycles. The first-order valence-electron chi connectivity index (χ1n) is 11.6. The molecule has 2 aromatic heterocycles. The van der Waals surface area contributed by atoms with Crippen LogP contribution in [0.2, 0.25) is 5.02 Å². The van der Waals surface area contributed by atoms with E-state index >= 15 is 0 Å². The molecule has 0 unspecified atom stereocenters. The van der Waals surface area contributed by atoms with Gasteiger partial charge in [-0.3, -0.25) is 9.78 Å². The fraction of sp³-hybridized carbons (Fsp3) is 0.0968. The lowest BCUT2D eigenvalue weighted by Crippen LogP contribution is -2.16. The third-order valence-corrected chi connectivity index (χ3v) is 6.83. The molecule has 0 saturated carbocycles. The molecule has 4 nitrogen and oxygen atoms in total. The summed E-state index contributed by atoms with van der Waals surface area (Å²) in [6.07, 6.45) is 8.08. The summed E-state index contributed by atoms with van der Waals surface area (Å²) in [4.78, 5) is 17.4. The predicted molar refractivity (Wildman–Crippen MR) is 149 cm³/mol. The topological polar surface area (TPSA) is 60.9 Å². The van der Waals surface area contributed by atoms with Crippen molar-refractivity contribution in [3.63, 3.8) is 0 Å². The van der Waals surface area contributed by atoms with Gasteiger partial charge in [0.05, 0.1) is 11.2 Å². The van der Waals surface area contributed by atoms with Crippen LogP contribution in [0.25, 0.3) is 33.3 Å². The Kier molecular flexibility index (Phi) is 6.10. The lowest BCUT2D eigenvalue weighted by Gasteiger charge is -2.16. The molecule has 0 aliphatic carbocycles. The Morgan fingerprint density at radius 1 is 1.03 bits per heavy atom. The van der Waals surface area contributed by atoms with E-state index < -0.39 is 0 Å². The average Bonchev–Trinajstić information content (AvgIpc) is 2.87. The van der Waals surface area contributed by atoms with Gasteiger partial charge < -0.3 is 10.3 Å². The highest BCUT2D eigenvalue weighted by Gasteiger charge is 2.15. The largest absolute Gasteiger partial charge is 0.398 e. The van der Waals surface area contributed by atoms with Crippen molar-refractivity contribution >= 4 is 28.2 Å². The lowest BCUT2D eigenvalue weighted by molar-refractivity contribution is 0.906. The van der Waals surface area contributed by atoms with Crippen molar-refractivity contribution in [3.8, 4) is 34.7 Å². The van der Waals surface area contributed by atoms with Crippen LogP contribution in [0.1, 0.15) is 22.3 Å². The Bertz CT molecular complexity index is 1740. The number of rotatable bonds is 4. The summed E-state index contributed by atoms with van der Waals surface area (Å²) >= 11 is 6.13. The zero-order valence-electron chi connectivity index (χ0n) is 20.0. The molecule has 176 valence electrons. The summed E-state index contributed by atoms with van der Waals surface area (Å²) in [6, 6.07) is 23.1. The fourth-order valence-corrected chi connectivity index (χ4v) is 4.81. The van der Waals surface area contributed by atoms with E-state index in [4.69, 9.17) is 23.8 Å². The van der Waals surface area contributed by atoms with Gasteiger partial charge in [0.2, 0.25) is 0 Å². The van der Waals surface area contributed by atoms with Gasteiger partial charge in [0.1, 0.15) is 0 Å². The zero-order chi connectivity index (χ0) is 25.4. The number of fused-ring (bicyclic) bond motifs is 1. The molecule has 0 atom stereocenters. The number of nitrogen functional groups attached to an aromatic ring is 1. The van der Waals surface area contributed by atoms with Crippen molar-refractivity contribution in [2.24, 2.45) is 7.05 Å². The minimum Gasteiger partial charge on any atom is -0.398 e. The zero-order valence-corrected chi connectivity index (χ0v) is 20.8. The molecule has 0 amide bonds. The highest BCUT2D eigenvalue weighted by atomic mass is 35.5. The van der Waals surface area contributed by atoms with E-state index in [-0.39, 0.29) is 5.56 Å². The van der Waals surface area contributed by atoms with E-state index in [9.17, 15) is 4.79 Å². The number of aryl methyl sites for hydroxylation is 2. The fourth-order valence-electron chi connectivity index (χ4n) is 4.63. The number of aromatic nitrogens is 2. The standard InChI is InChI=1S/C31H24ClN3O/c1-4-20-6-5-7-22(14-20)26-18-30(36)35(3)29-11-8-21(16-27(26)29)15-25-19(2)12-13-34-31(25)24-10-9-23(32)17-28(24)33/h1,5-14,16-18H,15,33H2,2-3H3. The van der Waals surface area contributed by atoms with Gasteiger partial charge in [-0.2, -0.15) is 0 Å². The predicted octanol–water partition coefficient (Wildman–Crippen LogP) is 6.38. The molecule has 36 heavy (non-hydrogen) atoms. The van der Waals surface area contributed by atoms with Gasteiger partial charge in [0.15, 0.2) is 0 Å². The summed E-state index contributed by atoms with van der Waals surface area (Å²) in [5, 5.41) is 1.57. The van der Waals surface area contributed by atoms with Crippen molar-refractivity contribution < 1.29 is 0 Å². The Morgan fingerprint density at radius 3 is 2.64 bits per heavy atom. The minimum atomic E-state index is -0.0695. The normalized spacial score (nSPS) is 10.9. The van der Waals surface area contributed by atoms with Crippen LogP contribution in [0.4, 0.5) is 5.69 Å². The number of anilines is 1. The second-order valence-corrected chi connectivity index (χ2v) is 9.33. The Labute approximate surface area is 215 Å². The number of benzene rings is 3. The van der Waals surface area contributed by atoms with Gasteiger partial charge in [0, 0.05) is 46.5 Å². The van der Waals surface area contributed by atoms with Crippen LogP contribution in [-0.4, -0.2) is 9.55 Å². The first-order chi connectivity index (χ1) is 17.4. The van der Waals surface area contributed by atoms with Gasteiger partial charge in [-0.25, -0.2) is 0 Å². The molecule has 5 heteroatoms. The van der Waals surface area contributed by atoms with E-state index in [0.717, 1.165) is 55.5 Å². The molecule has 2 N–H and O–H groups in total. The molecule has 3 aromatic carbocycles. The van der Waals surface area contributed by atoms with Crippen molar-refractivity contribution in [2.45, 2.75) is 13.3 Å². The number of terminal acetylenes is 1. The summed E-state index contributed by atoms with van der Waals surface area (Å²) in [7, 11) is 1.79. The first-order valence-corrected chi connectivity index (χ1v) is 11.9. The van der Waals surface area contributed by atoms with Gasteiger partial charge in [-0.1, -0.05) is 35.7 Å². The molecule has 5 aromatic rings. The summed E-state index contributed by atoms with van der Waals surface area (Å²) in [5.74, 6) is 2.68. The molecule has 0 spiro atoms. The molecule has 0 aliphatic heterocycles. The maximum Gasteiger partial charge on any atom is 0.251 e. The monoisotopic (exact) mass is 489 g/mol. The maximum atomic E-state index is 12.8. The van der Waals surface area contributed by atoms with Crippen LogP contribution in [0, 0.1) is 19.3 Å². The molecule has 5 rings (SSSR count). The summed E-state index contributed by atoms with van der Waals surface area (Å²) in [5.41, 5.74) is 15.2. The number of nitrogens with zero attached hydrogens (tertiary/aromatic N) is 2. The summed E-state index contributed by atoms with van der Waals surface area (Å²) < 4.78 is 1.67. The van der Waals surface area contributed by atoms with Crippen LogP contribution < -0.4 is 11.3 Å².